The number of thiophene rings is 1. The second-order valence-electron chi connectivity index (χ2n) is 8.03. The molecule has 0 N–H and O–H groups in total. The lowest BCUT2D eigenvalue weighted by molar-refractivity contribution is 0.0614. The van der Waals surface area contributed by atoms with Gasteiger partial charge in [0.25, 0.3) is 5.91 Å². The summed E-state index contributed by atoms with van der Waals surface area (Å²) in [5, 5.41) is 6.06. The van der Waals surface area contributed by atoms with Gasteiger partial charge in [-0.25, -0.2) is 0 Å². The molecule has 1 amide bonds. The van der Waals surface area contributed by atoms with E-state index in [1.807, 2.05) is 46.7 Å². The van der Waals surface area contributed by atoms with Crippen molar-refractivity contribution in [2.75, 3.05) is 39.4 Å². The number of hydrogen-bond donors (Lipinski definition) is 0. The van der Waals surface area contributed by atoms with E-state index < -0.39 is 0 Å². The predicted octanol–water partition coefficient (Wildman–Crippen LogP) is 3.31. The first-order valence-corrected chi connectivity index (χ1v) is 11.8. The maximum absolute atomic E-state index is 12.9. The van der Waals surface area contributed by atoms with Crippen LogP contribution in [0.25, 0.3) is 10.7 Å². The lowest BCUT2D eigenvalue weighted by Crippen LogP contribution is -2.48. The zero-order valence-corrected chi connectivity index (χ0v) is 18.6. The third-order valence-corrected chi connectivity index (χ3v) is 6.65. The maximum Gasteiger partial charge on any atom is 0.253 e. The molecular weight excluding hydrogens is 428 g/mol. The van der Waals surface area contributed by atoms with Gasteiger partial charge in [-0.2, -0.15) is 4.98 Å². The molecule has 1 atom stereocenters. The number of carbonyl (C=O) groups is 1. The van der Waals surface area contributed by atoms with E-state index in [4.69, 9.17) is 14.0 Å². The SMILES string of the molecule is O=C(c1ccc(OCC2CCCO2)cc1)N1CCN(Cc2nc(-c3cccs3)no2)CC1. The van der Waals surface area contributed by atoms with Gasteiger partial charge >= 0.3 is 0 Å². The first-order valence-electron chi connectivity index (χ1n) is 11.0. The molecule has 0 aliphatic carbocycles. The summed E-state index contributed by atoms with van der Waals surface area (Å²) in [4.78, 5) is 22.5. The largest absolute Gasteiger partial charge is 0.491 e. The number of carbonyl (C=O) groups excluding carboxylic acids is 1. The van der Waals surface area contributed by atoms with E-state index in [0.29, 0.717) is 43.5 Å². The average molecular weight is 455 g/mol. The van der Waals surface area contributed by atoms with Gasteiger partial charge in [0, 0.05) is 38.3 Å². The topological polar surface area (TPSA) is 80.9 Å². The van der Waals surface area contributed by atoms with Crippen LogP contribution in [0.15, 0.2) is 46.3 Å². The zero-order valence-electron chi connectivity index (χ0n) is 17.8. The van der Waals surface area contributed by atoms with Gasteiger partial charge in [-0.05, 0) is 48.6 Å². The first kappa shape index (κ1) is 21.1. The molecule has 0 spiro atoms. The zero-order chi connectivity index (χ0) is 21.8. The quantitative estimate of drug-likeness (QED) is 0.542. The number of aromatic nitrogens is 2. The number of amides is 1. The smallest absolute Gasteiger partial charge is 0.253 e. The summed E-state index contributed by atoms with van der Waals surface area (Å²) in [5.74, 6) is 2.05. The van der Waals surface area contributed by atoms with E-state index >= 15 is 0 Å². The monoisotopic (exact) mass is 454 g/mol. The Hall–Kier alpha value is -2.75. The van der Waals surface area contributed by atoms with E-state index in [1.54, 1.807) is 11.3 Å². The Balaban J connectivity index is 1.09. The highest BCUT2D eigenvalue weighted by Crippen LogP contribution is 2.22. The summed E-state index contributed by atoms with van der Waals surface area (Å²) in [6, 6.07) is 11.3. The second-order valence-corrected chi connectivity index (χ2v) is 8.98. The summed E-state index contributed by atoms with van der Waals surface area (Å²) in [6.45, 7) is 4.85. The van der Waals surface area contributed by atoms with Crippen LogP contribution in [-0.4, -0.2) is 71.3 Å². The molecule has 0 saturated carbocycles. The molecule has 9 heteroatoms. The van der Waals surface area contributed by atoms with E-state index in [1.165, 1.54) is 0 Å². The van der Waals surface area contributed by atoms with Crippen molar-refractivity contribution in [1.82, 2.24) is 19.9 Å². The predicted molar refractivity (Wildman–Crippen MR) is 120 cm³/mol. The third kappa shape index (κ3) is 5.01. The highest BCUT2D eigenvalue weighted by atomic mass is 32.1. The van der Waals surface area contributed by atoms with Crippen LogP contribution >= 0.6 is 11.3 Å². The number of nitrogens with zero attached hydrogens (tertiary/aromatic N) is 4. The van der Waals surface area contributed by atoms with E-state index in [9.17, 15) is 4.79 Å². The van der Waals surface area contributed by atoms with Crippen molar-refractivity contribution in [3.63, 3.8) is 0 Å². The Morgan fingerprint density at radius 1 is 1.16 bits per heavy atom. The molecule has 2 aliphatic rings. The van der Waals surface area contributed by atoms with Crippen molar-refractivity contribution < 1.29 is 18.8 Å². The van der Waals surface area contributed by atoms with Crippen LogP contribution in [0.3, 0.4) is 0 Å². The molecule has 0 radical (unpaired) electrons. The standard InChI is InChI=1S/C23H26N4O4S/c28-23(17-5-7-18(8-6-17)30-16-19-3-1-13-29-19)27-11-9-26(10-12-27)15-21-24-22(25-31-21)20-4-2-14-32-20/h2,4-8,14,19H,1,3,9-13,15-16H2. The van der Waals surface area contributed by atoms with Crippen LogP contribution in [-0.2, 0) is 11.3 Å². The van der Waals surface area contributed by atoms with Crippen molar-refractivity contribution in [2.45, 2.75) is 25.5 Å². The Labute approximate surface area is 190 Å². The van der Waals surface area contributed by atoms with E-state index in [0.717, 1.165) is 43.2 Å². The van der Waals surface area contributed by atoms with Crippen LogP contribution in [0.1, 0.15) is 29.1 Å². The molecule has 32 heavy (non-hydrogen) atoms. The number of piperazine rings is 1. The van der Waals surface area contributed by atoms with Crippen LogP contribution in [0.2, 0.25) is 0 Å². The van der Waals surface area contributed by atoms with Crippen LogP contribution in [0.5, 0.6) is 5.75 Å². The Morgan fingerprint density at radius 3 is 2.72 bits per heavy atom. The summed E-state index contributed by atoms with van der Waals surface area (Å²) >= 11 is 1.59. The minimum Gasteiger partial charge on any atom is -0.491 e. The van der Waals surface area contributed by atoms with Gasteiger partial charge in [-0.1, -0.05) is 11.2 Å². The number of hydrogen-bond acceptors (Lipinski definition) is 8. The molecule has 2 saturated heterocycles. The van der Waals surface area contributed by atoms with Crippen LogP contribution in [0.4, 0.5) is 0 Å². The summed E-state index contributed by atoms with van der Waals surface area (Å²) in [6.07, 6.45) is 2.33. The molecule has 8 nitrogen and oxygen atoms in total. The van der Waals surface area contributed by atoms with Crippen molar-refractivity contribution in [3.8, 4) is 16.5 Å². The van der Waals surface area contributed by atoms with Gasteiger partial charge in [0.05, 0.1) is 17.5 Å². The second kappa shape index (κ2) is 9.81. The Bertz CT molecular complexity index is 1010. The van der Waals surface area contributed by atoms with Crippen molar-refractivity contribution >= 4 is 17.2 Å². The molecule has 2 aromatic heterocycles. The number of benzene rings is 1. The molecule has 1 aromatic carbocycles. The van der Waals surface area contributed by atoms with Crippen molar-refractivity contribution in [3.05, 3.63) is 53.2 Å². The molecular formula is C23H26N4O4S. The fourth-order valence-corrected chi connectivity index (χ4v) is 4.62. The fraction of sp³-hybridized carbons (Fsp3) is 0.435. The fourth-order valence-electron chi connectivity index (χ4n) is 3.97. The Morgan fingerprint density at radius 2 is 2.00 bits per heavy atom. The lowest BCUT2D eigenvalue weighted by Gasteiger charge is -2.34. The van der Waals surface area contributed by atoms with Gasteiger partial charge in [0.2, 0.25) is 11.7 Å². The molecule has 2 aliphatic heterocycles. The first-order chi connectivity index (χ1) is 15.7. The molecule has 3 aromatic rings. The van der Waals surface area contributed by atoms with E-state index in [-0.39, 0.29) is 12.0 Å². The van der Waals surface area contributed by atoms with Crippen molar-refractivity contribution in [2.24, 2.45) is 0 Å². The molecule has 2 fully saturated rings. The third-order valence-electron chi connectivity index (χ3n) is 5.79. The summed E-state index contributed by atoms with van der Waals surface area (Å²) < 4.78 is 16.8. The lowest BCUT2D eigenvalue weighted by atomic mass is 10.1. The number of rotatable bonds is 7. The number of ether oxygens (including phenoxy) is 2. The van der Waals surface area contributed by atoms with Gasteiger partial charge in [-0.3, -0.25) is 9.69 Å². The van der Waals surface area contributed by atoms with Gasteiger partial charge in [-0.15, -0.1) is 11.3 Å². The highest BCUT2D eigenvalue weighted by Gasteiger charge is 2.24. The summed E-state index contributed by atoms with van der Waals surface area (Å²) in [7, 11) is 0. The molecule has 4 heterocycles. The van der Waals surface area contributed by atoms with Crippen LogP contribution in [0, 0.1) is 0 Å². The molecule has 168 valence electrons. The molecule has 1 unspecified atom stereocenters. The minimum absolute atomic E-state index is 0.0492. The van der Waals surface area contributed by atoms with E-state index in [2.05, 4.69) is 15.0 Å². The van der Waals surface area contributed by atoms with Gasteiger partial charge in [0.15, 0.2) is 0 Å². The van der Waals surface area contributed by atoms with Gasteiger partial charge in [0.1, 0.15) is 12.4 Å². The maximum atomic E-state index is 12.9. The molecule has 5 rings (SSSR count). The normalized spacial score (nSPS) is 19.4. The van der Waals surface area contributed by atoms with Crippen LogP contribution < -0.4 is 4.74 Å². The molecule has 0 bridgehead atoms. The Kier molecular flexibility index (Phi) is 6.47. The van der Waals surface area contributed by atoms with Crippen molar-refractivity contribution in [1.29, 1.82) is 0 Å². The highest BCUT2D eigenvalue weighted by molar-refractivity contribution is 7.13. The average Bonchev–Trinajstić information content (AvgIpc) is 3.61. The minimum atomic E-state index is 0.0492. The van der Waals surface area contributed by atoms with Gasteiger partial charge < -0.3 is 18.9 Å². The summed E-state index contributed by atoms with van der Waals surface area (Å²) in [5.41, 5.74) is 0.681.